The van der Waals surface area contributed by atoms with Crippen molar-refractivity contribution in [3.63, 3.8) is 0 Å². The predicted octanol–water partition coefficient (Wildman–Crippen LogP) is 2.02. The van der Waals surface area contributed by atoms with Gasteiger partial charge in [0.05, 0.1) is 6.10 Å². The number of carbonyl (C=O) groups is 1. The standard InChI is InChI=1S/C16H25N3O2/c1-12-4-5-14(17)10-15(12)18-16(20)6-8-19-7-3-9-21-13(2)11-19/h4-5,10,13H,3,6-9,11,17H2,1-2H3,(H,18,20). The summed E-state index contributed by atoms with van der Waals surface area (Å²) in [5.74, 6) is 0.0292. The van der Waals surface area contributed by atoms with Crippen LogP contribution in [0.5, 0.6) is 0 Å². The van der Waals surface area contributed by atoms with Crippen molar-refractivity contribution in [1.82, 2.24) is 4.90 Å². The Morgan fingerprint density at radius 2 is 2.33 bits per heavy atom. The Bertz CT molecular complexity index is 490. The van der Waals surface area contributed by atoms with Crippen LogP contribution >= 0.6 is 0 Å². The minimum absolute atomic E-state index is 0.0292. The van der Waals surface area contributed by atoms with Gasteiger partial charge in [-0.1, -0.05) is 6.07 Å². The second kappa shape index (κ2) is 7.43. The highest BCUT2D eigenvalue weighted by molar-refractivity contribution is 5.92. The van der Waals surface area contributed by atoms with Crippen LogP contribution in [0, 0.1) is 6.92 Å². The number of hydrogen-bond acceptors (Lipinski definition) is 4. The highest BCUT2D eigenvalue weighted by Crippen LogP contribution is 2.18. The van der Waals surface area contributed by atoms with Gasteiger partial charge in [-0.15, -0.1) is 0 Å². The van der Waals surface area contributed by atoms with Crippen molar-refractivity contribution in [2.24, 2.45) is 0 Å². The van der Waals surface area contributed by atoms with Crippen LogP contribution in [0.15, 0.2) is 18.2 Å². The Balaban J connectivity index is 1.83. The summed E-state index contributed by atoms with van der Waals surface area (Å²) in [6.07, 6.45) is 1.76. The topological polar surface area (TPSA) is 67.6 Å². The minimum Gasteiger partial charge on any atom is -0.399 e. The van der Waals surface area contributed by atoms with E-state index in [1.54, 1.807) is 6.07 Å². The van der Waals surface area contributed by atoms with Gasteiger partial charge in [0, 0.05) is 44.0 Å². The molecule has 116 valence electrons. The summed E-state index contributed by atoms with van der Waals surface area (Å²) in [7, 11) is 0. The third-order valence-electron chi connectivity index (χ3n) is 3.73. The Kier molecular flexibility index (Phi) is 5.59. The Morgan fingerprint density at radius 3 is 3.14 bits per heavy atom. The molecule has 0 saturated carbocycles. The first-order valence-electron chi connectivity index (χ1n) is 7.54. The molecule has 1 unspecified atom stereocenters. The predicted molar refractivity (Wildman–Crippen MR) is 85.3 cm³/mol. The van der Waals surface area contributed by atoms with Crippen molar-refractivity contribution in [1.29, 1.82) is 0 Å². The summed E-state index contributed by atoms with van der Waals surface area (Å²) >= 11 is 0. The van der Waals surface area contributed by atoms with Gasteiger partial charge in [-0.3, -0.25) is 4.79 Å². The quantitative estimate of drug-likeness (QED) is 0.833. The number of ether oxygens (including phenoxy) is 1. The molecule has 1 heterocycles. The third-order valence-corrected chi connectivity index (χ3v) is 3.73. The fraction of sp³-hybridized carbons (Fsp3) is 0.562. The molecular weight excluding hydrogens is 266 g/mol. The van der Waals surface area contributed by atoms with E-state index >= 15 is 0 Å². The lowest BCUT2D eigenvalue weighted by atomic mass is 10.2. The van der Waals surface area contributed by atoms with Crippen molar-refractivity contribution in [2.45, 2.75) is 32.8 Å². The molecule has 1 saturated heterocycles. The molecule has 1 atom stereocenters. The molecule has 5 nitrogen and oxygen atoms in total. The number of amides is 1. The van der Waals surface area contributed by atoms with Gasteiger partial charge in [-0.2, -0.15) is 0 Å². The first-order chi connectivity index (χ1) is 10.0. The summed E-state index contributed by atoms with van der Waals surface area (Å²) in [6.45, 7) is 7.50. The van der Waals surface area contributed by atoms with Gasteiger partial charge in [0.1, 0.15) is 0 Å². The van der Waals surface area contributed by atoms with Crippen molar-refractivity contribution >= 4 is 17.3 Å². The number of nitrogens with zero attached hydrogens (tertiary/aromatic N) is 1. The number of anilines is 2. The zero-order valence-corrected chi connectivity index (χ0v) is 12.9. The number of nitrogens with one attached hydrogen (secondary N) is 1. The molecule has 0 aliphatic carbocycles. The largest absolute Gasteiger partial charge is 0.399 e. The van der Waals surface area contributed by atoms with Crippen LogP contribution in [0.3, 0.4) is 0 Å². The molecule has 0 spiro atoms. The number of carbonyl (C=O) groups excluding carboxylic acids is 1. The van der Waals surface area contributed by atoms with E-state index in [1.807, 2.05) is 19.1 Å². The van der Waals surface area contributed by atoms with E-state index in [9.17, 15) is 4.79 Å². The third kappa shape index (κ3) is 5.02. The van der Waals surface area contributed by atoms with Gasteiger partial charge in [0.2, 0.25) is 5.91 Å². The van der Waals surface area contributed by atoms with E-state index in [-0.39, 0.29) is 12.0 Å². The molecule has 5 heteroatoms. The smallest absolute Gasteiger partial charge is 0.225 e. The van der Waals surface area contributed by atoms with Crippen molar-refractivity contribution in [3.05, 3.63) is 23.8 Å². The van der Waals surface area contributed by atoms with E-state index in [0.29, 0.717) is 12.1 Å². The second-order valence-corrected chi connectivity index (χ2v) is 5.71. The molecule has 3 N–H and O–H groups in total. The summed E-state index contributed by atoms with van der Waals surface area (Å²) in [5.41, 5.74) is 8.24. The Morgan fingerprint density at radius 1 is 1.52 bits per heavy atom. The molecule has 1 aromatic carbocycles. The molecule has 0 radical (unpaired) electrons. The first-order valence-corrected chi connectivity index (χ1v) is 7.54. The average molecular weight is 291 g/mol. The van der Waals surface area contributed by atoms with Crippen LogP contribution in [-0.4, -0.2) is 43.2 Å². The maximum atomic E-state index is 12.1. The summed E-state index contributed by atoms with van der Waals surface area (Å²) < 4.78 is 5.61. The number of nitrogen functional groups attached to an aromatic ring is 1. The number of hydrogen-bond donors (Lipinski definition) is 2. The molecular formula is C16H25N3O2. The Hall–Kier alpha value is -1.59. The van der Waals surface area contributed by atoms with Crippen molar-refractivity contribution < 1.29 is 9.53 Å². The van der Waals surface area contributed by atoms with Crippen LogP contribution < -0.4 is 11.1 Å². The van der Waals surface area contributed by atoms with Gasteiger partial charge in [-0.05, 0) is 38.0 Å². The number of nitrogens with two attached hydrogens (primary N) is 1. The molecule has 0 bridgehead atoms. The minimum atomic E-state index is 0.0292. The fourth-order valence-electron chi connectivity index (χ4n) is 2.53. The van der Waals surface area contributed by atoms with E-state index in [0.717, 1.165) is 43.9 Å². The van der Waals surface area contributed by atoms with Gasteiger partial charge < -0.3 is 20.7 Å². The summed E-state index contributed by atoms with van der Waals surface area (Å²) in [5, 5.41) is 2.94. The lowest BCUT2D eigenvalue weighted by Gasteiger charge is -2.21. The summed E-state index contributed by atoms with van der Waals surface area (Å²) in [6, 6.07) is 5.55. The SMILES string of the molecule is Cc1ccc(N)cc1NC(=O)CCN1CCCOC(C)C1. The maximum Gasteiger partial charge on any atom is 0.225 e. The van der Waals surface area contributed by atoms with E-state index in [1.165, 1.54) is 0 Å². The van der Waals surface area contributed by atoms with Crippen LogP contribution in [0.1, 0.15) is 25.3 Å². The van der Waals surface area contributed by atoms with Crippen LogP contribution in [0.2, 0.25) is 0 Å². The van der Waals surface area contributed by atoms with Gasteiger partial charge >= 0.3 is 0 Å². The molecule has 1 fully saturated rings. The van der Waals surface area contributed by atoms with Crippen LogP contribution in [0.25, 0.3) is 0 Å². The normalized spacial score (nSPS) is 20.0. The highest BCUT2D eigenvalue weighted by Gasteiger charge is 2.16. The molecule has 21 heavy (non-hydrogen) atoms. The van der Waals surface area contributed by atoms with Crippen LogP contribution in [0.4, 0.5) is 11.4 Å². The first kappa shape index (κ1) is 15.8. The maximum absolute atomic E-state index is 12.1. The fourth-order valence-corrected chi connectivity index (χ4v) is 2.53. The van der Waals surface area contributed by atoms with E-state index in [4.69, 9.17) is 10.5 Å². The molecule has 1 amide bonds. The number of aryl methyl sites for hydroxylation is 1. The Labute approximate surface area is 126 Å². The van der Waals surface area contributed by atoms with Gasteiger partial charge in [0.15, 0.2) is 0 Å². The molecule has 1 aromatic rings. The average Bonchev–Trinajstić information content (AvgIpc) is 2.65. The van der Waals surface area contributed by atoms with Gasteiger partial charge in [-0.25, -0.2) is 0 Å². The monoisotopic (exact) mass is 291 g/mol. The second-order valence-electron chi connectivity index (χ2n) is 5.71. The van der Waals surface area contributed by atoms with Gasteiger partial charge in [0.25, 0.3) is 0 Å². The van der Waals surface area contributed by atoms with Crippen molar-refractivity contribution in [3.8, 4) is 0 Å². The number of rotatable bonds is 4. The van der Waals surface area contributed by atoms with Crippen molar-refractivity contribution in [2.75, 3.05) is 37.3 Å². The molecule has 2 rings (SSSR count). The summed E-state index contributed by atoms with van der Waals surface area (Å²) in [4.78, 5) is 14.4. The number of benzene rings is 1. The van der Waals surface area contributed by atoms with E-state index in [2.05, 4.69) is 17.1 Å². The molecule has 1 aliphatic heterocycles. The lowest BCUT2D eigenvalue weighted by Crippen LogP contribution is -2.33. The lowest BCUT2D eigenvalue weighted by molar-refractivity contribution is -0.116. The zero-order chi connectivity index (χ0) is 15.2. The molecule has 0 aromatic heterocycles. The van der Waals surface area contributed by atoms with Crippen LogP contribution in [-0.2, 0) is 9.53 Å². The molecule has 1 aliphatic rings. The zero-order valence-electron chi connectivity index (χ0n) is 12.9. The highest BCUT2D eigenvalue weighted by atomic mass is 16.5. The van der Waals surface area contributed by atoms with E-state index < -0.39 is 0 Å².